The van der Waals surface area contributed by atoms with E-state index in [-0.39, 0.29) is 12.5 Å². The number of hydrogen-bond donors (Lipinski definition) is 2. The minimum atomic E-state index is -0.171. The van der Waals surface area contributed by atoms with Gasteiger partial charge in [0.25, 0.3) is 0 Å². The molecule has 136 valence electrons. The van der Waals surface area contributed by atoms with E-state index in [0.717, 1.165) is 15.7 Å². The lowest BCUT2D eigenvalue weighted by Crippen LogP contribution is -2.42. The first-order valence-corrected chi connectivity index (χ1v) is 8.81. The molecule has 0 fully saturated rings. The number of anilines is 1. The highest BCUT2D eigenvalue weighted by atomic mass is 79.9. The molecular formula is C19H22BrN5O. The summed E-state index contributed by atoms with van der Waals surface area (Å²) in [7, 11) is 5.60. The number of carbonyl (C=O) groups is 1. The van der Waals surface area contributed by atoms with E-state index in [1.807, 2.05) is 41.9 Å². The van der Waals surface area contributed by atoms with Crippen LogP contribution in [-0.2, 0) is 18.4 Å². The summed E-state index contributed by atoms with van der Waals surface area (Å²) < 4.78 is 3.07. The van der Waals surface area contributed by atoms with Crippen LogP contribution in [0.1, 0.15) is 11.3 Å². The summed E-state index contributed by atoms with van der Waals surface area (Å²) in [6.07, 6.45) is 7.37. The standard InChI is InChI=1S/C19H22BrN5O/c1-5-14-7-6-8-16(9-14)23-18(26)11-22-19(21-2)25(4)13-17-10-15(20)12-24(17)3/h1,6-10,12H,11,13H2,2-4H3,(H,21,22)(H,23,26). The van der Waals surface area contributed by atoms with Crippen LogP contribution < -0.4 is 10.6 Å². The SMILES string of the molecule is C#Cc1cccc(NC(=O)CNC(=NC)N(C)Cc2cc(Br)cn2C)c1. The third-order valence-electron chi connectivity index (χ3n) is 3.77. The Balaban J connectivity index is 1.90. The van der Waals surface area contributed by atoms with Crippen LogP contribution in [0.4, 0.5) is 5.69 Å². The summed E-state index contributed by atoms with van der Waals surface area (Å²) in [6, 6.07) is 9.23. The number of guanidine groups is 1. The number of benzene rings is 1. The van der Waals surface area contributed by atoms with Crippen molar-refractivity contribution in [1.29, 1.82) is 0 Å². The highest BCUT2D eigenvalue weighted by Gasteiger charge is 2.11. The van der Waals surface area contributed by atoms with E-state index in [2.05, 4.69) is 43.5 Å². The lowest BCUT2D eigenvalue weighted by molar-refractivity contribution is -0.115. The van der Waals surface area contributed by atoms with E-state index in [9.17, 15) is 4.79 Å². The minimum Gasteiger partial charge on any atom is -0.352 e. The summed E-state index contributed by atoms with van der Waals surface area (Å²) in [5, 5.41) is 5.88. The number of aryl methyl sites for hydroxylation is 1. The summed E-state index contributed by atoms with van der Waals surface area (Å²) in [6.45, 7) is 0.766. The fraction of sp³-hybridized carbons (Fsp3) is 0.263. The molecule has 2 rings (SSSR count). The molecule has 0 radical (unpaired) electrons. The van der Waals surface area contributed by atoms with Crippen molar-refractivity contribution < 1.29 is 4.79 Å². The average molecular weight is 416 g/mol. The largest absolute Gasteiger partial charge is 0.352 e. The predicted molar refractivity (Wildman–Crippen MR) is 109 cm³/mol. The van der Waals surface area contributed by atoms with Gasteiger partial charge in [0.15, 0.2) is 5.96 Å². The van der Waals surface area contributed by atoms with E-state index in [1.54, 1.807) is 19.2 Å². The monoisotopic (exact) mass is 415 g/mol. The zero-order chi connectivity index (χ0) is 19.1. The van der Waals surface area contributed by atoms with E-state index < -0.39 is 0 Å². The fourth-order valence-electron chi connectivity index (χ4n) is 2.48. The van der Waals surface area contributed by atoms with Gasteiger partial charge in [0.05, 0.1) is 13.1 Å². The van der Waals surface area contributed by atoms with Crippen molar-refractivity contribution in [3.05, 3.63) is 52.3 Å². The zero-order valence-corrected chi connectivity index (χ0v) is 16.7. The molecule has 0 aliphatic rings. The van der Waals surface area contributed by atoms with E-state index in [1.165, 1.54) is 0 Å². The second-order valence-electron chi connectivity index (χ2n) is 5.79. The van der Waals surface area contributed by atoms with Crippen molar-refractivity contribution in [2.45, 2.75) is 6.54 Å². The Kier molecular flexibility index (Phi) is 6.87. The predicted octanol–water partition coefficient (Wildman–Crippen LogP) is 2.41. The van der Waals surface area contributed by atoms with Gasteiger partial charge in [0, 0.05) is 48.8 Å². The molecular weight excluding hydrogens is 394 g/mol. The van der Waals surface area contributed by atoms with Gasteiger partial charge in [0.2, 0.25) is 5.91 Å². The van der Waals surface area contributed by atoms with Crippen LogP contribution >= 0.6 is 15.9 Å². The summed E-state index contributed by atoms with van der Waals surface area (Å²) in [5.41, 5.74) is 2.52. The Morgan fingerprint density at radius 1 is 1.42 bits per heavy atom. The van der Waals surface area contributed by atoms with Gasteiger partial charge in [-0.05, 0) is 40.2 Å². The summed E-state index contributed by atoms with van der Waals surface area (Å²) in [5.74, 6) is 3.01. The van der Waals surface area contributed by atoms with Crippen molar-refractivity contribution in [2.24, 2.45) is 12.0 Å². The molecule has 2 aromatic rings. The van der Waals surface area contributed by atoms with Crippen molar-refractivity contribution in [2.75, 3.05) is 26.0 Å². The number of aliphatic imine (C=N–C) groups is 1. The smallest absolute Gasteiger partial charge is 0.243 e. The van der Waals surface area contributed by atoms with E-state index in [4.69, 9.17) is 6.42 Å². The first-order chi connectivity index (χ1) is 12.4. The number of nitrogens with one attached hydrogen (secondary N) is 2. The topological polar surface area (TPSA) is 61.7 Å². The normalized spacial score (nSPS) is 11.0. The number of terminal acetylenes is 1. The molecule has 1 heterocycles. The number of aromatic nitrogens is 1. The van der Waals surface area contributed by atoms with Crippen LogP contribution in [-0.4, -0.2) is 42.0 Å². The number of amides is 1. The van der Waals surface area contributed by atoms with Crippen molar-refractivity contribution >= 4 is 33.5 Å². The molecule has 7 heteroatoms. The summed E-state index contributed by atoms with van der Waals surface area (Å²) >= 11 is 3.47. The number of carbonyl (C=O) groups excluding carboxylic acids is 1. The van der Waals surface area contributed by atoms with E-state index in [0.29, 0.717) is 18.2 Å². The third kappa shape index (κ3) is 5.39. The van der Waals surface area contributed by atoms with Gasteiger partial charge in [0.1, 0.15) is 0 Å². The Hall–Kier alpha value is -2.72. The number of halogens is 1. The maximum Gasteiger partial charge on any atom is 0.243 e. The fourth-order valence-corrected chi connectivity index (χ4v) is 3.05. The molecule has 1 aromatic heterocycles. The molecule has 0 aliphatic heterocycles. The lowest BCUT2D eigenvalue weighted by atomic mass is 10.2. The minimum absolute atomic E-state index is 0.105. The number of rotatable bonds is 5. The van der Waals surface area contributed by atoms with E-state index >= 15 is 0 Å². The number of hydrogen-bond acceptors (Lipinski definition) is 2. The van der Waals surface area contributed by atoms with Gasteiger partial charge in [-0.15, -0.1) is 6.42 Å². The van der Waals surface area contributed by atoms with Gasteiger partial charge in [-0.25, -0.2) is 0 Å². The Bertz CT molecular complexity index is 850. The summed E-state index contributed by atoms with van der Waals surface area (Å²) in [4.78, 5) is 18.3. The molecule has 2 N–H and O–H groups in total. The lowest BCUT2D eigenvalue weighted by Gasteiger charge is -2.22. The Morgan fingerprint density at radius 2 is 2.19 bits per heavy atom. The van der Waals surface area contributed by atoms with Gasteiger partial charge >= 0.3 is 0 Å². The molecule has 0 bridgehead atoms. The Morgan fingerprint density at radius 3 is 2.81 bits per heavy atom. The van der Waals surface area contributed by atoms with Crippen LogP contribution in [0.25, 0.3) is 0 Å². The maximum absolute atomic E-state index is 12.2. The molecule has 0 atom stereocenters. The molecule has 6 nitrogen and oxygen atoms in total. The van der Waals surface area contributed by atoms with Crippen LogP contribution in [0.3, 0.4) is 0 Å². The third-order valence-corrected chi connectivity index (χ3v) is 4.20. The average Bonchev–Trinajstić information content (AvgIpc) is 2.92. The first kappa shape index (κ1) is 19.6. The molecule has 1 amide bonds. The van der Waals surface area contributed by atoms with Crippen LogP contribution in [0.15, 0.2) is 46.0 Å². The molecule has 0 spiro atoms. The molecule has 0 unspecified atom stereocenters. The van der Waals surface area contributed by atoms with Crippen molar-refractivity contribution in [3.8, 4) is 12.3 Å². The highest BCUT2D eigenvalue weighted by molar-refractivity contribution is 9.10. The first-order valence-electron chi connectivity index (χ1n) is 8.02. The van der Waals surface area contributed by atoms with Gasteiger partial charge < -0.3 is 20.1 Å². The van der Waals surface area contributed by atoms with Crippen LogP contribution in [0.2, 0.25) is 0 Å². The van der Waals surface area contributed by atoms with Crippen molar-refractivity contribution in [1.82, 2.24) is 14.8 Å². The number of nitrogens with zero attached hydrogens (tertiary/aromatic N) is 3. The van der Waals surface area contributed by atoms with Crippen LogP contribution in [0, 0.1) is 12.3 Å². The van der Waals surface area contributed by atoms with Crippen LogP contribution in [0.5, 0.6) is 0 Å². The molecule has 26 heavy (non-hydrogen) atoms. The van der Waals surface area contributed by atoms with Gasteiger partial charge in [-0.3, -0.25) is 9.79 Å². The quantitative estimate of drug-likeness (QED) is 0.447. The second-order valence-corrected chi connectivity index (χ2v) is 6.71. The van der Waals surface area contributed by atoms with Gasteiger partial charge in [-0.2, -0.15) is 0 Å². The Labute approximate surface area is 162 Å². The molecule has 0 saturated carbocycles. The molecule has 1 aromatic carbocycles. The van der Waals surface area contributed by atoms with Crippen molar-refractivity contribution in [3.63, 3.8) is 0 Å². The molecule has 0 saturated heterocycles. The second kappa shape index (κ2) is 9.11. The van der Waals surface area contributed by atoms with Gasteiger partial charge in [-0.1, -0.05) is 12.0 Å². The maximum atomic E-state index is 12.2. The highest BCUT2D eigenvalue weighted by Crippen LogP contribution is 2.15. The zero-order valence-electron chi connectivity index (χ0n) is 15.1. The molecule has 0 aliphatic carbocycles.